The molecule has 0 saturated heterocycles. The summed E-state index contributed by atoms with van der Waals surface area (Å²) in [7, 11) is 2.16. The number of carbonyl (C=O) groups excluding carboxylic acids is 2. The average molecular weight is 808 g/mol. The van der Waals surface area contributed by atoms with E-state index in [-0.39, 0.29) is 22.8 Å². The van der Waals surface area contributed by atoms with Gasteiger partial charge in [-0.3, -0.25) is 4.79 Å². The highest BCUT2D eigenvalue weighted by molar-refractivity contribution is 6.03. The van der Waals surface area contributed by atoms with E-state index in [1.807, 2.05) is 0 Å². The molecule has 1 saturated carbocycles. The minimum Gasteiger partial charge on any atom is -0.449 e. The number of alkyl carbamates (subject to hydrolysis) is 1. The molecule has 1 fully saturated rings. The van der Waals surface area contributed by atoms with Crippen LogP contribution in [0.3, 0.4) is 0 Å². The Hall–Kier alpha value is -4.43. The first kappa shape index (κ1) is 44.1. The molecular weight excluding hydrogens is 741 g/mol. The summed E-state index contributed by atoms with van der Waals surface area (Å²) >= 11 is 0. The zero-order chi connectivity index (χ0) is 41.7. The molecule has 2 aromatic carbocycles. The fraction of sp³-hybridized carbons (Fsp3) is 0.571. The van der Waals surface area contributed by atoms with E-state index in [0.29, 0.717) is 83.5 Å². The van der Waals surface area contributed by atoms with Gasteiger partial charge in [-0.1, -0.05) is 62.7 Å². The first-order chi connectivity index (χ1) is 28.6. The number of para-hydroxylation sites is 2. The molecule has 0 radical (unpaired) electrons. The van der Waals surface area contributed by atoms with Gasteiger partial charge in [-0.05, 0) is 75.0 Å². The fourth-order valence-corrected chi connectivity index (χ4v) is 9.27. The molecule has 2 aliphatic heterocycles. The van der Waals surface area contributed by atoms with Crippen molar-refractivity contribution in [1.82, 2.24) is 10.6 Å². The van der Waals surface area contributed by atoms with Gasteiger partial charge in [-0.25, -0.2) is 4.79 Å². The highest BCUT2D eigenvalue weighted by Crippen LogP contribution is 2.52. The lowest BCUT2D eigenvalue weighted by Gasteiger charge is -2.27. The minimum atomic E-state index is -0.382. The van der Waals surface area contributed by atoms with Gasteiger partial charge in [-0.2, -0.15) is 4.58 Å². The van der Waals surface area contributed by atoms with Crippen molar-refractivity contribution in [2.45, 2.75) is 89.9 Å². The van der Waals surface area contributed by atoms with E-state index in [4.69, 9.17) is 18.9 Å². The molecule has 10 nitrogen and oxygen atoms in total. The van der Waals surface area contributed by atoms with Crippen LogP contribution in [0.1, 0.15) is 90.2 Å². The second-order valence-corrected chi connectivity index (χ2v) is 17.2. The Morgan fingerprint density at radius 2 is 1.42 bits per heavy atom. The zero-order valence-electron chi connectivity index (χ0n) is 36.2. The second-order valence-electron chi connectivity index (χ2n) is 17.2. The maximum atomic E-state index is 12.5. The molecule has 6 rings (SSSR count). The molecule has 1 unspecified atom stereocenters. The molecule has 10 heteroatoms. The molecule has 2 N–H and O–H groups in total. The van der Waals surface area contributed by atoms with Crippen molar-refractivity contribution in [3.05, 3.63) is 83.6 Å². The maximum absolute atomic E-state index is 12.5. The van der Waals surface area contributed by atoms with Gasteiger partial charge < -0.3 is 34.5 Å². The Morgan fingerprint density at radius 1 is 0.797 bits per heavy atom. The summed E-state index contributed by atoms with van der Waals surface area (Å²) in [6.07, 6.45) is 13.9. The lowest BCUT2D eigenvalue weighted by atomic mass is 9.81. The number of nitrogens with one attached hydrogen (secondary N) is 2. The van der Waals surface area contributed by atoms with Crippen LogP contribution >= 0.6 is 0 Å². The molecule has 0 aromatic heterocycles. The summed E-state index contributed by atoms with van der Waals surface area (Å²) in [5, 5.41) is 5.73. The van der Waals surface area contributed by atoms with Gasteiger partial charge in [0.05, 0.1) is 51.7 Å². The smallest absolute Gasteiger partial charge is 0.407 e. The number of hydrogen-bond acceptors (Lipinski definition) is 7. The van der Waals surface area contributed by atoms with Crippen LogP contribution in [-0.4, -0.2) is 95.2 Å². The predicted octanol–water partition coefficient (Wildman–Crippen LogP) is 7.82. The minimum absolute atomic E-state index is 0.0597. The topological polar surface area (TPSA) is 101 Å². The van der Waals surface area contributed by atoms with Gasteiger partial charge in [0, 0.05) is 73.4 Å². The summed E-state index contributed by atoms with van der Waals surface area (Å²) in [6.45, 7) is 14.1. The molecule has 318 valence electrons. The van der Waals surface area contributed by atoms with Crippen LogP contribution in [0.15, 0.2) is 72.5 Å². The Morgan fingerprint density at radius 3 is 2.12 bits per heavy atom. The van der Waals surface area contributed by atoms with Crippen LogP contribution in [-0.2, 0) is 34.6 Å². The van der Waals surface area contributed by atoms with E-state index < -0.39 is 0 Å². The van der Waals surface area contributed by atoms with Crippen molar-refractivity contribution in [3.63, 3.8) is 0 Å². The largest absolute Gasteiger partial charge is 0.449 e. The number of benzene rings is 2. The van der Waals surface area contributed by atoms with Gasteiger partial charge in [0.2, 0.25) is 11.6 Å². The lowest BCUT2D eigenvalue weighted by Crippen LogP contribution is -2.29. The highest BCUT2D eigenvalue weighted by Gasteiger charge is 2.49. The number of nitrogens with zero attached hydrogens (tertiary/aromatic N) is 2. The molecule has 2 heterocycles. The second kappa shape index (κ2) is 21.2. The molecule has 59 heavy (non-hydrogen) atoms. The van der Waals surface area contributed by atoms with Gasteiger partial charge in [0.1, 0.15) is 7.05 Å². The predicted molar refractivity (Wildman–Crippen MR) is 234 cm³/mol. The number of rotatable bonds is 22. The van der Waals surface area contributed by atoms with Crippen LogP contribution < -0.4 is 15.5 Å². The molecule has 4 aliphatic rings. The van der Waals surface area contributed by atoms with Crippen molar-refractivity contribution in [2.75, 3.05) is 77.8 Å². The van der Waals surface area contributed by atoms with E-state index in [0.717, 1.165) is 51.5 Å². The molecule has 0 bridgehead atoms. The van der Waals surface area contributed by atoms with E-state index in [9.17, 15) is 9.59 Å². The highest BCUT2D eigenvalue weighted by atomic mass is 16.6. The van der Waals surface area contributed by atoms with E-state index in [1.54, 1.807) is 0 Å². The van der Waals surface area contributed by atoms with Crippen molar-refractivity contribution in [3.8, 4) is 11.8 Å². The number of unbranched alkanes of at least 4 members (excludes halogenated alkanes) is 2. The Balaban J connectivity index is 0.784. The number of ether oxygens (including phenoxy) is 4. The number of anilines is 1. The summed E-state index contributed by atoms with van der Waals surface area (Å²) < 4.78 is 24.5. The molecule has 2 aromatic rings. The maximum Gasteiger partial charge on any atom is 0.407 e. The number of carbonyl (C=O) groups is 2. The summed E-state index contributed by atoms with van der Waals surface area (Å²) in [5.41, 5.74) is 7.67. The standard InChI is InChI=1S/C49H66N4O6/c1-48(2)40-20-12-14-22-42(40)52(5)44(48)24-17-25-45-49(3,4)41-21-13-15-23-43(41)53(45)29-16-8-11-26-46(54)50-27-30-56-32-34-58-35-33-57-31-28-51-47(55)59-36-39-37-18-9-6-7-10-19-38(37)39/h12-15,17,20-25,37-39H,8-11,16,18-19,26-36H2,1-5H3,(H-,50,51,54,55)/p+1/t37-,38+,39?. The zero-order valence-corrected chi connectivity index (χ0v) is 36.2. The number of fused-ring (bicyclic) bond motifs is 3. The van der Waals surface area contributed by atoms with E-state index >= 15 is 0 Å². The third-order valence-corrected chi connectivity index (χ3v) is 12.6. The first-order valence-corrected chi connectivity index (χ1v) is 21.9. The van der Waals surface area contributed by atoms with Gasteiger partial charge >= 0.3 is 6.09 Å². The first-order valence-electron chi connectivity index (χ1n) is 21.9. The third kappa shape index (κ3) is 11.4. The number of amides is 2. The summed E-state index contributed by atoms with van der Waals surface area (Å²) in [5.74, 6) is 8.30. The molecular formula is C49H67N4O6+. The third-order valence-electron chi connectivity index (χ3n) is 12.6. The molecule has 2 aliphatic carbocycles. The number of hydrogen-bond donors (Lipinski definition) is 2. The number of allylic oxidation sites excluding steroid dienone is 4. The van der Waals surface area contributed by atoms with Gasteiger partial charge in [0.25, 0.3) is 0 Å². The van der Waals surface area contributed by atoms with Crippen LogP contribution in [0, 0.1) is 29.6 Å². The van der Waals surface area contributed by atoms with Crippen LogP contribution in [0.4, 0.5) is 16.2 Å². The molecule has 2 amide bonds. The van der Waals surface area contributed by atoms with Crippen molar-refractivity contribution in [1.29, 1.82) is 0 Å². The normalized spacial score (nSPS) is 21.6. The average Bonchev–Trinajstić information content (AvgIpc) is 3.75. The summed E-state index contributed by atoms with van der Waals surface area (Å²) in [6, 6.07) is 17.4. The fourth-order valence-electron chi connectivity index (χ4n) is 9.27. The quantitative estimate of drug-likeness (QED) is 0.0711. The van der Waals surface area contributed by atoms with Gasteiger partial charge in [0.15, 0.2) is 5.71 Å². The van der Waals surface area contributed by atoms with Crippen molar-refractivity contribution < 1.29 is 33.1 Å². The molecule has 3 atom stereocenters. The van der Waals surface area contributed by atoms with Crippen molar-refractivity contribution in [2.24, 2.45) is 17.8 Å². The Bertz CT molecular complexity index is 1890. The van der Waals surface area contributed by atoms with E-state index in [2.05, 4.69) is 133 Å². The molecule has 0 spiro atoms. The summed E-state index contributed by atoms with van der Waals surface area (Å²) in [4.78, 5) is 27.0. The van der Waals surface area contributed by atoms with E-state index in [1.165, 1.54) is 33.9 Å². The monoisotopic (exact) mass is 808 g/mol. The SMILES string of the molecule is C[N+]1=C(/C=C/C=C2/N(CCCCCC(=O)NCCOCCOCCOCCNC(=O)OCC3[C@H]4CCC#CCC[C@@H]34)c3ccccc3C2(C)C)C(C)(C)c2ccccc21. The van der Waals surface area contributed by atoms with Crippen LogP contribution in [0.25, 0.3) is 0 Å². The van der Waals surface area contributed by atoms with Crippen LogP contribution in [0.5, 0.6) is 0 Å². The lowest BCUT2D eigenvalue weighted by molar-refractivity contribution is -0.401. The van der Waals surface area contributed by atoms with Crippen LogP contribution in [0.2, 0.25) is 0 Å². The Labute approximate surface area is 352 Å². The Kier molecular flexibility index (Phi) is 15.9. The van der Waals surface area contributed by atoms with Gasteiger partial charge in [-0.15, -0.1) is 11.8 Å². The van der Waals surface area contributed by atoms with Crippen molar-refractivity contribution >= 4 is 29.1 Å².